The van der Waals surface area contributed by atoms with Gasteiger partial charge in [-0.05, 0) is 69.7 Å². The molecule has 0 radical (unpaired) electrons. The molecule has 0 N–H and O–H groups in total. The van der Waals surface area contributed by atoms with Gasteiger partial charge in [-0.15, -0.1) is 22.7 Å². The molecule has 16 heteroatoms. The normalized spacial score (nSPS) is 15.1. The molecule has 0 aliphatic carbocycles. The lowest BCUT2D eigenvalue weighted by Crippen LogP contribution is -2.44. The molecular formula is C44H40F6N2O4S2Si2. The van der Waals surface area contributed by atoms with E-state index in [2.05, 4.69) is 41.5 Å². The smallest absolute Gasteiger partial charge is 0.268 e. The molecule has 0 spiro atoms. The lowest BCUT2D eigenvalue weighted by molar-refractivity contribution is -0.138. The van der Waals surface area contributed by atoms with E-state index in [-0.39, 0.29) is 44.4 Å². The minimum atomic E-state index is -4.66. The van der Waals surface area contributed by atoms with Gasteiger partial charge in [0.2, 0.25) is 0 Å². The SMILES string of the molecule is CC[Si](CC)(CC)c1cc2c3c4c(c5sc([Si](CC)(CC)CC)cc5c5c4c(c2s1)C(=O)N(c1ccc(C(F)(F)F)cc1)C5=O)C(=O)N(c1ccc(C(F)(F)F)cc1)C3=O. The molecule has 6 aromatic rings. The van der Waals surface area contributed by atoms with E-state index in [0.717, 1.165) is 104 Å². The number of alkyl halides is 6. The number of imide groups is 2. The summed E-state index contributed by atoms with van der Waals surface area (Å²) in [6.45, 7) is 12.6. The number of rotatable bonds is 10. The highest BCUT2D eigenvalue weighted by Crippen LogP contribution is 2.51. The van der Waals surface area contributed by atoms with Crippen LogP contribution in [0.4, 0.5) is 37.7 Å². The van der Waals surface area contributed by atoms with E-state index in [9.17, 15) is 26.3 Å². The fraction of sp³-hybridized carbons (Fsp3) is 0.318. The van der Waals surface area contributed by atoms with Crippen molar-refractivity contribution in [1.29, 1.82) is 0 Å². The summed E-state index contributed by atoms with van der Waals surface area (Å²) in [4.78, 5) is 62.4. The standard InChI is InChI=1S/C44H40F6N2O4S2Si2/c1-7-59(8-2,9-3)29-21-27-31-33-34-32(40(54)52(41(55)35(34)37(27)57-29)26-19-15-24(16-20-26)44(48,49)50)28-22-30(60(10-4,11-5)12-6)58-38(28)36(33)42(56)51(39(31)53)25-17-13-23(14-18-25)43(45,46)47/h13-22H,7-12H2,1-6H3. The Bertz CT molecular complexity index is 2490. The van der Waals surface area contributed by atoms with Crippen LogP contribution in [0.5, 0.6) is 0 Å². The average Bonchev–Trinajstić information content (AvgIpc) is 3.86. The van der Waals surface area contributed by atoms with Crippen LogP contribution in [0, 0.1) is 0 Å². The van der Waals surface area contributed by atoms with Crippen LogP contribution in [-0.4, -0.2) is 39.8 Å². The Morgan fingerprint density at radius 2 is 0.750 bits per heavy atom. The molecular weight excluding hydrogens is 855 g/mol. The van der Waals surface area contributed by atoms with Gasteiger partial charge in [-0.1, -0.05) is 77.8 Å². The van der Waals surface area contributed by atoms with Gasteiger partial charge in [-0.25, -0.2) is 9.80 Å². The monoisotopic (exact) mass is 894 g/mol. The van der Waals surface area contributed by atoms with E-state index in [1.54, 1.807) is 0 Å². The Labute approximate surface area is 351 Å². The van der Waals surface area contributed by atoms with Crippen molar-refractivity contribution >= 4 is 114 Å². The molecule has 4 heterocycles. The van der Waals surface area contributed by atoms with Crippen molar-refractivity contribution < 1.29 is 45.5 Å². The minimum Gasteiger partial charge on any atom is -0.268 e. The van der Waals surface area contributed by atoms with Crippen molar-refractivity contribution in [3.05, 3.63) is 94.0 Å². The average molecular weight is 895 g/mol. The maximum Gasteiger partial charge on any atom is 0.416 e. The van der Waals surface area contributed by atoms with Gasteiger partial charge in [-0.3, -0.25) is 19.2 Å². The number of hydrogen-bond acceptors (Lipinski definition) is 6. The summed E-state index contributed by atoms with van der Waals surface area (Å²) < 4.78 is 85.2. The van der Waals surface area contributed by atoms with Crippen molar-refractivity contribution in [2.24, 2.45) is 0 Å². The molecule has 4 amide bonds. The zero-order valence-corrected chi connectivity index (χ0v) is 37.3. The number of benzene rings is 4. The number of fused-ring (bicyclic) bond motifs is 6. The van der Waals surface area contributed by atoms with E-state index >= 15 is 19.2 Å². The summed E-state index contributed by atoms with van der Waals surface area (Å²) in [5.41, 5.74) is -1.69. The van der Waals surface area contributed by atoms with Gasteiger partial charge < -0.3 is 0 Å². The second-order valence-electron chi connectivity index (χ2n) is 15.6. The molecule has 8 rings (SSSR count). The maximum atomic E-state index is 15.1. The molecule has 2 aliphatic heterocycles. The number of hydrogen-bond donors (Lipinski definition) is 0. The predicted octanol–water partition coefficient (Wildman–Crippen LogP) is 12.3. The summed E-state index contributed by atoms with van der Waals surface area (Å²) in [6.07, 6.45) is -9.33. The van der Waals surface area contributed by atoms with Crippen molar-refractivity contribution in [2.75, 3.05) is 9.80 Å². The van der Waals surface area contributed by atoms with Gasteiger partial charge in [-0.2, -0.15) is 26.3 Å². The summed E-state index contributed by atoms with van der Waals surface area (Å²) in [7, 11) is -4.49. The van der Waals surface area contributed by atoms with Gasteiger partial charge in [0.25, 0.3) is 23.6 Å². The molecule has 0 bridgehead atoms. The third-order valence-corrected chi connectivity index (χ3v) is 29.0. The van der Waals surface area contributed by atoms with Crippen LogP contribution in [0.3, 0.4) is 0 Å². The molecule has 0 fully saturated rings. The van der Waals surface area contributed by atoms with E-state index in [1.807, 2.05) is 12.1 Å². The quantitative estimate of drug-likeness (QED) is 0.0780. The first kappa shape index (κ1) is 42.1. The second-order valence-corrected chi connectivity index (χ2v) is 28.9. The highest BCUT2D eigenvalue weighted by molar-refractivity contribution is 7.33. The molecule has 0 unspecified atom stereocenters. The molecule has 4 aromatic carbocycles. The molecule has 2 aromatic heterocycles. The highest BCUT2D eigenvalue weighted by Gasteiger charge is 2.47. The number of halogens is 6. The third-order valence-electron chi connectivity index (χ3n) is 13.4. The van der Waals surface area contributed by atoms with Crippen molar-refractivity contribution in [2.45, 2.75) is 90.2 Å². The van der Waals surface area contributed by atoms with E-state index in [1.165, 1.54) is 22.7 Å². The molecule has 2 aliphatic rings. The number of nitrogens with zero attached hydrogens (tertiary/aromatic N) is 2. The van der Waals surface area contributed by atoms with Gasteiger partial charge in [0.1, 0.15) is 0 Å². The molecule has 0 saturated carbocycles. The third kappa shape index (κ3) is 5.91. The van der Waals surface area contributed by atoms with Crippen LogP contribution in [0.1, 0.15) is 94.1 Å². The first-order valence-corrected chi connectivity index (χ1v) is 26.9. The predicted molar refractivity (Wildman–Crippen MR) is 234 cm³/mol. The van der Waals surface area contributed by atoms with Crippen LogP contribution >= 0.6 is 22.7 Å². The molecule has 312 valence electrons. The Balaban J connectivity index is 1.55. The van der Waals surface area contributed by atoms with Gasteiger partial charge in [0.05, 0.1) is 60.9 Å². The summed E-state index contributed by atoms with van der Waals surface area (Å²) >= 11 is 2.73. The lowest BCUT2D eigenvalue weighted by atomic mass is 9.82. The number of carbonyl (C=O) groups is 4. The van der Waals surface area contributed by atoms with Gasteiger partial charge in [0, 0.05) is 30.9 Å². The Morgan fingerprint density at radius 3 is 1.02 bits per heavy atom. The number of carbonyl (C=O) groups excluding carboxylic acids is 4. The van der Waals surface area contributed by atoms with E-state index < -0.39 is 63.3 Å². The van der Waals surface area contributed by atoms with E-state index in [4.69, 9.17) is 0 Å². The lowest BCUT2D eigenvalue weighted by Gasteiger charge is -2.33. The summed E-state index contributed by atoms with van der Waals surface area (Å²) in [6, 6.07) is 16.6. The minimum absolute atomic E-state index is 0.0648. The van der Waals surface area contributed by atoms with Crippen LogP contribution in [0.15, 0.2) is 60.7 Å². The van der Waals surface area contributed by atoms with Crippen LogP contribution in [0.2, 0.25) is 36.3 Å². The van der Waals surface area contributed by atoms with Crippen molar-refractivity contribution in [3.8, 4) is 0 Å². The zero-order valence-electron chi connectivity index (χ0n) is 33.6. The number of amides is 4. The fourth-order valence-electron chi connectivity index (χ4n) is 9.39. The maximum absolute atomic E-state index is 15.1. The Morgan fingerprint density at radius 1 is 0.467 bits per heavy atom. The Hall–Kier alpha value is -4.65. The zero-order chi connectivity index (χ0) is 43.4. The highest BCUT2D eigenvalue weighted by atomic mass is 32.1. The van der Waals surface area contributed by atoms with E-state index in [0.29, 0.717) is 20.2 Å². The molecule has 0 atom stereocenters. The Kier molecular flexibility index (Phi) is 10.2. The van der Waals surface area contributed by atoms with Gasteiger partial charge in [0.15, 0.2) is 0 Å². The van der Waals surface area contributed by atoms with Crippen molar-refractivity contribution in [1.82, 2.24) is 0 Å². The molecule has 0 saturated heterocycles. The van der Waals surface area contributed by atoms with Crippen LogP contribution < -0.4 is 18.8 Å². The van der Waals surface area contributed by atoms with Crippen molar-refractivity contribution in [3.63, 3.8) is 0 Å². The number of anilines is 2. The molecule has 60 heavy (non-hydrogen) atoms. The first-order chi connectivity index (χ1) is 28.4. The molecule has 6 nitrogen and oxygen atoms in total. The first-order valence-electron chi connectivity index (χ1n) is 20.0. The largest absolute Gasteiger partial charge is 0.416 e. The fourth-order valence-corrected chi connectivity index (χ4v) is 22.2. The summed E-state index contributed by atoms with van der Waals surface area (Å²) in [5, 5.41) is 1.05. The number of thiophene rings is 2. The van der Waals surface area contributed by atoms with Crippen LogP contribution in [0.25, 0.3) is 30.9 Å². The topological polar surface area (TPSA) is 74.8 Å². The second kappa shape index (κ2) is 14.5. The summed E-state index contributed by atoms with van der Waals surface area (Å²) in [5.74, 6) is -3.17. The van der Waals surface area contributed by atoms with Crippen LogP contribution in [-0.2, 0) is 12.4 Å². The van der Waals surface area contributed by atoms with Gasteiger partial charge >= 0.3 is 12.4 Å².